The van der Waals surface area contributed by atoms with E-state index in [1.54, 1.807) is 0 Å². The molecule has 0 amide bonds. The summed E-state index contributed by atoms with van der Waals surface area (Å²) < 4.78 is 0.969. The van der Waals surface area contributed by atoms with E-state index in [0.29, 0.717) is 17.4 Å². The lowest BCUT2D eigenvalue weighted by Gasteiger charge is -2.18. The third kappa shape index (κ3) is 2.66. The Morgan fingerprint density at radius 1 is 1.21 bits per heavy atom. The number of rotatable bonds is 2. The minimum absolute atomic E-state index is 0.534. The summed E-state index contributed by atoms with van der Waals surface area (Å²) in [6.07, 6.45) is 6.36. The Morgan fingerprint density at radius 3 is 2.74 bits per heavy atom. The van der Waals surface area contributed by atoms with Gasteiger partial charge in [0.05, 0.1) is 0 Å². The zero-order chi connectivity index (χ0) is 13.2. The zero-order valence-electron chi connectivity index (χ0n) is 10.7. The van der Waals surface area contributed by atoms with Crippen LogP contribution in [0, 0.1) is 0 Å². The van der Waals surface area contributed by atoms with Crippen molar-refractivity contribution in [2.24, 2.45) is 0 Å². The number of benzene rings is 1. The second-order valence-corrected chi connectivity index (χ2v) is 6.03. The number of nitrogens with zero attached hydrogens (tertiary/aromatic N) is 2. The highest BCUT2D eigenvalue weighted by atomic mass is 79.9. The first-order chi connectivity index (χ1) is 9.24. The Balaban J connectivity index is 1.87. The highest BCUT2D eigenvalue weighted by Crippen LogP contribution is 2.32. The molecule has 4 nitrogen and oxygen atoms in total. The van der Waals surface area contributed by atoms with Crippen LogP contribution in [0.4, 0.5) is 5.69 Å². The molecule has 0 unspecified atom stereocenters. The number of H-pyrrole nitrogens is 1. The molecule has 100 valence electrons. The number of nitrogens with two attached hydrogens (primary N) is 1. The molecule has 0 spiro atoms. The van der Waals surface area contributed by atoms with Crippen LogP contribution in [0.3, 0.4) is 0 Å². The predicted octanol–water partition coefficient (Wildman–Crippen LogP) is 3.86. The van der Waals surface area contributed by atoms with E-state index in [9.17, 15) is 0 Å². The SMILES string of the molecule is Nc1cc(Br)ccc1-c1n[nH]c(C2CCCCC2)n1. The number of nitrogens with one attached hydrogen (secondary N) is 1. The van der Waals surface area contributed by atoms with E-state index in [-0.39, 0.29) is 0 Å². The second kappa shape index (κ2) is 5.33. The maximum absolute atomic E-state index is 6.02. The summed E-state index contributed by atoms with van der Waals surface area (Å²) in [4.78, 5) is 4.63. The van der Waals surface area contributed by atoms with Crippen molar-refractivity contribution in [3.8, 4) is 11.4 Å². The van der Waals surface area contributed by atoms with Crippen molar-refractivity contribution in [2.75, 3.05) is 5.73 Å². The maximum Gasteiger partial charge on any atom is 0.183 e. The van der Waals surface area contributed by atoms with Gasteiger partial charge in [0.2, 0.25) is 0 Å². The van der Waals surface area contributed by atoms with Crippen molar-refractivity contribution < 1.29 is 0 Å². The van der Waals surface area contributed by atoms with Crippen LogP contribution in [0.5, 0.6) is 0 Å². The van der Waals surface area contributed by atoms with Gasteiger partial charge in [0.25, 0.3) is 0 Å². The summed E-state index contributed by atoms with van der Waals surface area (Å²) in [5.74, 6) is 2.24. The van der Waals surface area contributed by atoms with Crippen LogP contribution in [0.2, 0.25) is 0 Å². The molecule has 1 aromatic carbocycles. The van der Waals surface area contributed by atoms with Gasteiger partial charge in [-0.3, -0.25) is 5.10 Å². The largest absolute Gasteiger partial charge is 0.398 e. The Hall–Kier alpha value is -1.36. The molecule has 1 fully saturated rings. The first kappa shape index (κ1) is 12.7. The van der Waals surface area contributed by atoms with Crippen LogP contribution in [0.25, 0.3) is 11.4 Å². The molecule has 1 heterocycles. The molecule has 1 aromatic heterocycles. The van der Waals surface area contributed by atoms with E-state index in [4.69, 9.17) is 5.73 Å². The van der Waals surface area contributed by atoms with Gasteiger partial charge in [-0.1, -0.05) is 35.2 Å². The van der Waals surface area contributed by atoms with Crippen molar-refractivity contribution in [1.82, 2.24) is 15.2 Å². The summed E-state index contributed by atoms with van der Waals surface area (Å²) >= 11 is 3.41. The molecule has 0 aliphatic heterocycles. The number of aromatic nitrogens is 3. The van der Waals surface area contributed by atoms with Crippen molar-refractivity contribution in [1.29, 1.82) is 0 Å². The van der Waals surface area contributed by atoms with Crippen LogP contribution in [0.1, 0.15) is 43.8 Å². The van der Waals surface area contributed by atoms with Gasteiger partial charge in [-0.25, -0.2) is 4.98 Å². The fraction of sp³-hybridized carbons (Fsp3) is 0.429. The van der Waals surface area contributed by atoms with Gasteiger partial charge < -0.3 is 5.73 Å². The van der Waals surface area contributed by atoms with Gasteiger partial charge in [0, 0.05) is 21.6 Å². The minimum atomic E-state index is 0.534. The smallest absolute Gasteiger partial charge is 0.183 e. The molecule has 5 heteroatoms. The summed E-state index contributed by atoms with van der Waals surface area (Å²) in [6, 6.07) is 5.79. The first-order valence-corrected chi connectivity index (χ1v) is 7.51. The van der Waals surface area contributed by atoms with Crippen LogP contribution in [-0.2, 0) is 0 Å². The molecule has 19 heavy (non-hydrogen) atoms. The van der Waals surface area contributed by atoms with Gasteiger partial charge in [-0.05, 0) is 31.0 Å². The fourth-order valence-electron chi connectivity index (χ4n) is 2.69. The molecule has 1 aliphatic carbocycles. The average molecular weight is 321 g/mol. The number of aromatic amines is 1. The van der Waals surface area contributed by atoms with E-state index in [2.05, 4.69) is 31.1 Å². The zero-order valence-corrected chi connectivity index (χ0v) is 12.3. The topological polar surface area (TPSA) is 67.6 Å². The molecule has 1 saturated carbocycles. The molecule has 0 radical (unpaired) electrons. The third-order valence-electron chi connectivity index (χ3n) is 3.75. The molecular formula is C14H17BrN4. The summed E-state index contributed by atoms with van der Waals surface area (Å²) in [7, 11) is 0. The molecule has 1 aliphatic rings. The normalized spacial score (nSPS) is 16.7. The molecular weight excluding hydrogens is 304 g/mol. The van der Waals surface area contributed by atoms with Gasteiger partial charge in [-0.2, -0.15) is 5.10 Å². The lowest BCUT2D eigenvalue weighted by atomic mass is 9.89. The quantitative estimate of drug-likeness (QED) is 0.825. The minimum Gasteiger partial charge on any atom is -0.398 e. The molecule has 0 atom stereocenters. The van der Waals surface area contributed by atoms with Crippen molar-refractivity contribution in [3.05, 3.63) is 28.5 Å². The van der Waals surface area contributed by atoms with E-state index in [1.807, 2.05) is 18.2 Å². The highest BCUT2D eigenvalue weighted by molar-refractivity contribution is 9.10. The van der Waals surface area contributed by atoms with Crippen LogP contribution in [-0.4, -0.2) is 15.2 Å². The Morgan fingerprint density at radius 2 is 2.00 bits per heavy atom. The molecule has 0 saturated heterocycles. The predicted molar refractivity (Wildman–Crippen MR) is 79.8 cm³/mol. The van der Waals surface area contributed by atoms with Crippen molar-refractivity contribution >= 4 is 21.6 Å². The van der Waals surface area contributed by atoms with Gasteiger partial charge in [0.15, 0.2) is 5.82 Å². The number of hydrogen-bond acceptors (Lipinski definition) is 3. The second-order valence-electron chi connectivity index (χ2n) is 5.11. The number of anilines is 1. The summed E-state index contributed by atoms with van der Waals surface area (Å²) in [5, 5.41) is 7.41. The average Bonchev–Trinajstić information content (AvgIpc) is 2.89. The van der Waals surface area contributed by atoms with Crippen LogP contribution in [0.15, 0.2) is 22.7 Å². The lowest BCUT2D eigenvalue weighted by molar-refractivity contribution is 0.429. The van der Waals surface area contributed by atoms with Crippen molar-refractivity contribution in [3.63, 3.8) is 0 Å². The Labute approximate surface area is 120 Å². The molecule has 3 rings (SSSR count). The van der Waals surface area contributed by atoms with Crippen molar-refractivity contribution in [2.45, 2.75) is 38.0 Å². The van der Waals surface area contributed by atoms with E-state index in [0.717, 1.165) is 15.9 Å². The lowest BCUT2D eigenvalue weighted by Crippen LogP contribution is -2.06. The third-order valence-corrected chi connectivity index (χ3v) is 4.24. The monoisotopic (exact) mass is 320 g/mol. The highest BCUT2D eigenvalue weighted by Gasteiger charge is 2.20. The van der Waals surface area contributed by atoms with Crippen LogP contribution < -0.4 is 5.73 Å². The molecule has 2 aromatic rings. The van der Waals surface area contributed by atoms with E-state index < -0.39 is 0 Å². The maximum atomic E-state index is 6.02. The number of nitrogen functional groups attached to an aromatic ring is 1. The fourth-order valence-corrected chi connectivity index (χ4v) is 3.07. The van der Waals surface area contributed by atoms with Gasteiger partial charge >= 0.3 is 0 Å². The number of hydrogen-bond donors (Lipinski definition) is 2. The standard InChI is InChI=1S/C14H17BrN4/c15-10-6-7-11(12(16)8-10)14-17-13(18-19-14)9-4-2-1-3-5-9/h6-9H,1-5,16H2,(H,17,18,19). The van der Waals surface area contributed by atoms with Gasteiger partial charge in [0.1, 0.15) is 5.82 Å². The van der Waals surface area contributed by atoms with Crippen LogP contribution >= 0.6 is 15.9 Å². The summed E-state index contributed by atoms with van der Waals surface area (Å²) in [5.41, 5.74) is 7.61. The molecule has 3 N–H and O–H groups in total. The first-order valence-electron chi connectivity index (χ1n) is 6.72. The Kier molecular flexibility index (Phi) is 3.55. The Bertz CT molecular complexity index is 573. The van der Waals surface area contributed by atoms with Gasteiger partial charge in [-0.15, -0.1) is 0 Å². The van der Waals surface area contributed by atoms with E-state index >= 15 is 0 Å². The van der Waals surface area contributed by atoms with E-state index in [1.165, 1.54) is 32.1 Å². The summed E-state index contributed by atoms with van der Waals surface area (Å²) in [6.45, 7) is 0. The molecule has 0 bridgehead atoms. The number of halogens is 1.